The zero-order valence-corrected chi connectivity index (χ0v) is 15.1. The minimum Gasteiger partial charge on any atom is -0.463 e. The summed E-state index contributed by atoms with van der Waals surface area (Å²) < 4.78 is 7.45. The number of carbonyl (C=O) groups is 1. The predicted molar refractivity (Wildman–Crippen MR) is 102 cm³/mol. The fourth-order valence-electron chi connectivity index (χ4n) is 3.59. The van der Waals surface area contributed by atoms with E-state index in [1.807, 2.05) is 50.2 Å². The second-order valence-corrected chi connectivity index (χ2v) is 6.49. The predicted octanol–water partition coefficient (Wildman–Crippen LogP) is 4.20. The largest absolute Gasteiger partial charge is 0.463 e. The topological polar surface area (TPSA) is 56.1 Å². The van der Waals surface area contributed by atoms with Gasteiger partial charge in [0.15, 0.2) is 0 Å². The van der Waals surface area contributed by atoms with Crippen molar-refractivity contribution in [3.05, 3.63) is 70.9 Å². The molecule has 0 saturated heterocycles. The van der Waals surface area contributed by atoms with E-state index in [2.05, 4.69) is 28.9 Å². The Morgan fingerprint density at radius 1 is 1.19 bits per heavy atom. The molecule has 1 aliphatic heterocycles. The van der Waals surface area contributed by atoms with Crippen LogP contribution in [0.1, 0.15) is 31.0 Å². The van der Waals surface area contributed by atoms with Gasteiger partial charge in [-0.05, 0) is 38.5 Å². The number of anilines is 1. The van der Waals surface area contributed by atoms with Gasteiger partial charge in [-0.25, -0.2) is 9.78 Å². The number of rotatable bonds is 3. The molecule has 1 aromatic heterocycles. The van der Waals surface area contributed by atoms with E-state index in [-0.39, 0.29) is 12.0 Å². The van der Waals surface area contributed by atoms with Crippen LogP contribution in [0.5, 0.6) is 0 Å². The number of fused-ring (bicyclic) bond motifs is 3. The van der Waals surface area contributed by atoms with Gasteiger partial charge in [-0.15, -0.1) is 0 Å². The summed E-state index contributed by atoms with van der Waals surface area (Å²) in [6.45, 7) is 6.12. The number of aromatic nitrogens is 2. The normalized spacial score (nSPS) is 16.3. The zero-order chi connectivity index (χ0) is 18.3. The third-order valence-electron chi connectivity index (χ3n) is 4.68. The van der Waals surface area contributed by atoms with E-state index >= 15 is 0 Å². The quantitative estimate of drug-likeness (QED) is 0.722. The number of para-hydroxylation sites is 2. The minimum absolute atomic E-state index is 0.280. The first-order chi connectivity index (χ1) is 12.6. The number of imidazole rings is 1. The van der Waals surface area contributed by atoms with Crippen molar-refractivity contribution in [3.8, 4) is 0 Å². The van der Waals surface area contributed by atoms with Gasteiger partial charge in [0.05, 0.1) is 29.3 Å². The minimum atomic E-state index is -0.299. The molecule has 26 heavy (non-hydrogen) atoms. The Labute approximate surface area is 152 Å². The molecule has 5 heteroatoms. The summed E-state index contributed by atoms with van der Waals surface area (Å²) in [6.07, 6.45) is 0. The number of ether oxygens (including phenoxy) is 1. The van der Waals surface area contributed by atoms with Gasteiger partial charge in [-0.1, -0.05) is 42.0 Å². The van der Waals surface area contributed by atoms with E-state index < -0.39 is 0 Å². The molecule has 4 rings (SSSR count). The van der Waals surface area contributed by atoms with Crippen LogP contribution >= 0.6 is 0 Å². The van der Waals surface area contributed by atoms with Crippen molar-refractivity contribution in [2.24, 2.45) is 0 Å². The van der Waals surface area contributed by atoms with Crippen molar-refractivity contribution >= 4 is 23.0 Å². The molecule has 5 nitrogen and oxygen atoms in total. The molecule has 0 fully saturated rings. The van der Waals surface area contributed by atoms with E-state index in [1.54, 1.807) is 0 Å². The summed E-state index contributed by atoms with van der Waals surface area (Å²) in [7, 11) is 0. The van der Waals surface area contributed by atoms with Crippen molar-refractivity contribution in [1.29, 1.82) is 0 Å². The fraction of sp³-hybridized carbons (Fsp3) is 0.238. The van der Waals surface area contributed by atoms with Gasteiger partial charge in [-0.3, -0.25) is 4.57 Å². The summed E-state index contributed by atoms with van der Waals surface area (Å²) in [5, 5.41) is 3.28. The summed E-state index contributed by atoms with van der Waals surface area (Å²) in [5.74, 6) is 0.440. The molecule has 0 saturated carbocycles. The lowest BCUT2D eigenvalue weighted by molar-refractivity contribution is -0.139. The van der Waals surface area contributed by atoms with E-state index in [1.165, 1.54) is 0 Å². The monoisotopic (exact) mass is 347 g/mol. The second-order valence-electron chi connectivity index (χ2n) is 6.49. The van der Waals surface area contributed by atoms with Crippen molar-refractivity contribution in [3.63, 3.8) is 0 Å². The van der Waals surface area contributed by atoms with Gasteiger partial charge in [0.1, 0.15) is 0 Å². The number of nitrogens with one attached hydrogen (secondary N) is 1. The first-order valence-corrected chi connectivity index (χ1v) is 8.78. The third-order valence-corrected chi connectivity index (χ3v) is 4.68. The molecular formula is C21H21N3O2. The first-order valence-electron chi connectivity index (χ1n) is 8.78. The summed E-state index contributed by atoms with van der Waals surface area (Å²) in [4.78, 5) is 17.5. The molecule has 3 aromatic rings. The highest BCUT2D eigenvalue weighted by atomic mass is 16.5. The zero-order valence-electron chi connectivity index (χ0n) is 15.1. The molecule has 0 amide bonds. The van der Waals surface area contributed by atoms with Crippen molar-refractivity contribution < 1.29 is 9.53 Å². The Bertz CT molecular complexity index is 1030. The number of aryl methyl sites for hydroxylation is 1. The molecule has 2 aromatic carbocycles. The molecule has 1 atom stereocenters. The summed E-state index contributed by atoms with van der Waals surface area (Å²) in [5.41, 5.74) is 5.46. The van der Waals surface area contributed by atoms with Gasteiger partial charge in [0.25, 0.3) is 0 Å². The number of hydrogen-bond donors (Lipinski definition) is 1. The van der Waals surface area contributed by atoms with E-state index in [0.717, 1.165) is 33.8 Å². The maximum absolute atomic E-state index is 12.8. The van der Waals surface area contributed by atoms with Crippen LogP contribution in [0.15, 0.2) is 59.8 Å². The summed E-state index contributed by atoms with van der Waals surface area (Å²) in [6, 6.07) is 15.9. The molecule has 2 heterocycles. The molecule has 1 unspecified atom stereocenters. The SMILES string of the molecule is CCOC(=O)C1=C(C)Nc2nc3ccccc3n2C1c1cccc(C)c1. The molecule has 0 radical (unpaired) electrons. The van der Waals surface area contributed by atoms with Crippen LogP contribution in [0.4, 0.5) is 5.95 Å². The Hall–Kier alpha value is -3.08. The van der Waals surface area contributed by atoms with Gasteiger partial charge in [0, 0.05) is 5.70 Å². The molecule has 0 bridgehead atoms. The van der Waals surface area contributed by atoms with Crippen LogP contribution in [-0.4, -0.2) is 22.1 Å². The van der Waals surface area contributed by atoms with E-state index in [4.69, 9.17) is 9.72 Å². The fourth-order valence-corrected chi connectivity index (χ4v) is 3.59. The number of carbonyl (C=O) groups excluding carboxylic acids is 1. The van der Waals surface area contributed by atoms with Crippen LogP contribution in [0.3, 0.4) is 0 Å². The number of nitrogens with zero attached hydrogens (tertiary/aromatic N) is 2. The van der Waals surface area contributed by atoms with Crippen LogP contribution in [0.2, 0.25) is 0 Å². The van der Waals surface area contributed by atoms with Crippen LogP contribution < -0.4 is 5.32 Å². The Morgan fingerprint density at radius 2 is 2.00 bits per heavy atom. The highest BCUT2D eigenvalue weighted by Crippen LogP contribution is 2.39. The average molecular weight is 347 g/mol. The van der Waals surface area contributed by atoms with Crippen LogP contribution in [-0.2, 0) is 9.53 Å². The summed E-state index contributed by atoms with van der Waals surface area (Å²) >= 11 is 0. The van der Waals surface area contributed by atoms with Gasteiger partial charge < -0.3 is 10.1 Å². The van der Waals surface area contributed by atoms with Gasteiger partial charge in [-0.2, -0.15) is 0 Å². The average Bonchev–Trinajstić information content (AvgIpc) is 2.98. The van der Waals surface area contributed by atoms with E-state index in [0.29, 0.717) is 12.2 Å². The number of hydrogen-bond acceptors (Lipinski definition) is 4. The Morgan fingerprint density at radius 3 is 2.77 bits per heavy atom. The van der Waals surface area contributed by atoms with Crippen molar-refractivity contribution in [1.82, 2.24) is 9.55 Å². The van der Waals surface area contributed by atoms with Gasteiger partial charge >= 0.3 is 5.97 Å². The molecule has 0 spiro atoms. The Balaban J connectivity index is 1.99. The maximum atomic E-state index is 12.8. The van der Waals surface area contributed by atoms with Gasteiger partial charge in [0.2, 0.25) is 5.95 Å². The van der Waals surface area contributed by atoms with Crippen molar-refractivity contribution in [2.75, 3.05) is 11.9 Å². The molecular weight excluding hydrogens is 326 g/mol. The second kappa shape index (κ2) is 6.33. The van der Waals surface area contributed by atoms with Crippen molar-refractivity contribution in [2.45, 2.75) is 26.8 Å². The molecule has 1 N–H and O–H groups in total. The number of esters is 1. The lowest BCUT2D eigenvalue weighted by Gasteiger charge is -2.30. The lowest BCUT2D eigenvalue weighted by Crippen LogP contribution is -2.29. The lowest BCUT2D eigenvalue weighted by atomic mass is 9.94. The number of benzene rings is 2. The highest BCUT2D eigenvalue weighted by molar-refractivity contribution is 5.94. The van der Waals surface area contributed by atoms with Crippen LogP contribution in [0, 0.1) is 6.92 Å². The Kier molecular flexibility index (Phi) is 3.99. The number of allylic oxidation sites excluding steroid dienone is 1. The first kappa shape index (κ1) is 16.4. The highest BCUT2D eigenvalue weighted by Gasteiger charge is 2.34. The standard InChI is InChI=1S/C21H21N3O2/c1-4-26-20(25)18-14(3)22-21-23-16-10-5-6-11-17(16)24(21)19(18)15-9-7-8-13(2)12-15/h5-12,19H,4H2,1-3H3,(H,22,23). The maximum Gasteiger partial charge on any atom is 0.338 e. The van der Waals surface area contributed by atoms with E-state index in [9.17, 15) is 4.79 Å². The molecule has 1 aliphatic rings. The molecule has 132 valence electrons. The smallest absolute Gasteiger partial charge is 0.338 e. The van der Waals surface area contributed by atoms with Crippen LogP contribution in [0.25, 0.3) is 11.0 Å². The third kappa shape index (κ3) is 2.56. The molecule has 0 aliphatic carbocycles.